The molecule has 1 aromatic heterocycles. The van der Waals surface area contributed by atoms with E-state index in [1.165, 1.54) is 11.1 Å². The Morgan fingerprint density at radius 3 is 2.86 bits per heavy atom. The van der Waals surface area contributed by atoms with E-state index in [1.54, 1.807) is 0 Å². The molecule has 0 saturated heterocycles. The quantitative estimate of drug-likeness (QED) is 0.883. The van der Waals surface area contributed by atoms with Crippen LogP contribution in [0.2, 0.25) is 0 Å². The molecular formula is C15H18N4O2. The summed E-state index contributed by atoms with van der Waals surface area (Å²) in [6.07, 6.45) is 2.83. The number of aromatic amines is 2. The Labute approximate surface area is 122 Å². The molecule has 2 N–H and O–H groups in total. The van der Waals surface area contributed by atoms with Gasteiger partial charge in [-0.3, -0.25) is 9.78 Å². The van der Waals surface area contributed by atoms with Crippen molar-refractivity contribution >= 4 is 5.91 Å². The van der Waals surface area contributed by atoms with Crippen molar-refractivity contribution in [2.75, 3.05) is 6.54 Å². The number of nitrogens with one attached hydrogen (secondary N) is 2. The first-order valence-corrected chi connectivity index (χ1v) is 7.20. The van der Waals surface area contributed by atoms with Crippen LogP contribution < -0.4 is 5.69 Å². The predicted octanol–water partition coefficient (Wildman–Crippen LogP) is 1.01. The molecule has 3 rings (SSSR count). The predicted molar refractivity (Wildman–Crippen MR) is 77.7 cm³/mol. The molecule has 0 radical (unpaired) electrons. The maximum Gasteiger partial charge on any atom is 0.340 e. The summed E-state index contributed by atoms with van der Waals surface area (Å²) in [6.45, 7) is 1.46. The molecule has 1 aliphatic heterocycles. The lowest BCUT2D eigenvalue weighted by Gasteiger charge is -2.20. The first-order chi connectivity index (χ1) is 10.2. The van der Waals surface area contributed by atoms with E-state index in [9.17, 15) is 9.59 Å². The van der Waals surface area contributed by atoms with Crippen molar-refractivity contribution in [2.24, 2.45) is 0 Å². The lowest BCUT2D eigenvalue weighted by atomic mass is 10.0. The van der Waals surface area contributed by atoms with Gasteiger partial charge in [0.05, 0.1) is 0 Å². The average molecular weight is 286 g/mol. The van der Waals surface area contributed by atoms with Crippen LogP contribution in [0.25, 0.3) is 0 Å². The van der Waals surface area contributed by atoms with Gasteiger partial charge in [0, 0.05) is 25.9 Å². The number of carbonyl (C=O) groups excluding carboxylic acids is 1. The molecule has 110 valence electrons. The van der Waals surface area contributed by atoms with Crippen LogP contribution in [0.1, 0.15) is 29.8 Å². The van der Waals surface area contributed by atoms with Gasteiger partial charge < -0.3 is 4.90 Å². The Morgan fingerprint density at radius 2 is 2.10 bits per heavy atom. The molecule has 1 aromatic carbocycles. The van der Waals surface area contributed by atoms with Crippen molar-refractivity contribution in [2.45, 2.75) is 32.2 Å². The van der Waals surface area contributed by atoms with Gasteiger partial charge in [0.15, 0.2) is 0 Å². The van der Waals surface area contributed by atoms with Crippen molar-refractivity contribution in [1.29, 1.82) is 0 Å². The van der Waals surface area contributed by atoms with Crippen molar-refractivity contribution < 1.29 is 4.79 Å². The van der Waals surface area contributed by atoms with Crippen molar-refractivity contribution in [3.05, 3.63) is 51.7 Å². The van der Waals surface area contributed by atoms with E-state index >= 15 is 0 Å². The third kappa shape index (κ3) is 3.21. The molecular weight excluding hydrogens is 268 g/mol. The summed E-state index contributed by atoms with van der Waals surface area (Å²) >= 11 is 0. The summed E-state index contributed by atoms with van der Waals surface area (Å²) in [7, 11) is 0. The monoisotopic (exact) mass is 286 g/mol. The van der Waals surface area contributed by atoms with Crippen LogP contribution in [0, 0.1) is 0 Å². The summed E-state index contributed by atoms with van der Waals surface area (Å²) in [6, 6.07) is 8.29. The molecule has 21 heavy (non-hydrogen) atoms. The van der Waals surface area contributed by atoms with Crippen molar-refractivity contribution in [3.63, 3.8) is 0 Å². The molecule has 0 spiro atoms. The van der Waals surface area contributed by atoms with Crippen LogP contribution in [0.5, 0.6) is 0 Å². The molecule has 2 heterocycles. The van der Waals surface area contributed by atoms with E-state index in [-0.39, 0.29) is 11.6 Å². The highest BCUT2D eigenvalue weighted by Crippen LogP contribution is 2.19. The number of benzene rings is 1. The molecule has 1 aliphatic rings. The molecule has 0 bridgehead atoms. The van der Waals surface area contributed by atoms with Crippen LogP contribution in [-0.2, 0) is 24.2 Å². The number of aromatic nitrogens is 3. The van der Waals surface area contributed by atoms with Crippen LogP contribution >= 0.6 is 0 Å². The highest BCUT2D eigenvalue weighted by Gasteiger charge is 2.18. The standard InChI is InChI=1S/C15H18N4O2/c20-14(8-7-13-16-15(21)18-17-13)19-9-3-6-11-4-1-2-5-12(11)10-19/h1-2,4-5H,3,6-10H2,(H2,16,17,18,21). The Kier molecular flexibility index (Phi) is 3.85. The Morgan fingerprint density at radius 1 is 1.29 bits per heavy atom. The fourth-order valence-electron chi connectivity index (χ4n) is 2.72. The zero-order valence-electron chi connectivity index (χ0n) is 11.8. The molecule has 0 aliphatic carbocycles. The van der Waals surface area contributed by atoms with Gasteiger partial charge in [0.2, 0.25) is 5.91 Å². The average Bonchev–Trinajstić information content (AvgIpc) is 2.79. The zero-order valence-corrected chi connectivity index (χ0v) is 11.8. The minimum absolute atomic E-state index is 0.107. The minimum Gasteiger partial charge on any atom is -0.338 e. The zero-order chi connectivity index (χ0) is 14.7. The van der Waals surface area contributed by atoms with Gasteiger partial charge in [-0.1, -0.05) is 24.3 Å². The summed E-state index contributed by atoms with van der Waals surface area (Å²) in [5, 5.41) is 6.13. The number of rotatable bonds is 3. The van der Waals surface area contributed by atoms with Gasteiger partial charge in [0.1, 0.15) is 5.82 Å². The lowest BCUT2D eigenvalue weighted by molar-refractivity contribution is -0.131. The first kappa shape index (κ1) is 13.6. The number of hydrogen-bond donors (Lipinski definition) is 2. The maximum absolute atomic E-state index is 12.3. The maximum atomic E-state index is 12.3. The Hall–Kier alpha value is -2.37. The van der Waals surface area contributed by atoms with Crippen LogP contribution in [0.4, 0.5) is 0 Å². The number of fused-ring (bicyclic) bond motifs is 1. The topological polar surface area (TPSA) is 81.8 Å². The van der Waals surface area contributed by atoms with Crippen LogP contribution in [0.15, 0.2) is 29.1 Å². The smallest absolute Gasteiger partial charge is 0.338 e. The second-order valence-corrected chi connectivity index (χ2v) is 5.31. The number of H-pyrrole nitrogens is 2. The van der Waals surface area contributed by atoms with Crippen molar-refractivity contribution in [3.8, 4) is 0 Å². The van der Waals surface area contributed by atoms with E-state index in [0.29, 0.717) is 25.2 Å². The summed E-state index contributed by atoms with van der Waals surface area (Å²) in [5.74, 6) is 0.638. The second-order valence-electron chi connectivity index (χ2n) is 5.31. The molecule has 2 aromatic rings. The Bertz CT molecular complexity index is 689. The summed E-state index contributed by atoms with van der Waals surface area (Å²) < 4.78 is 0. The SMILES string of the molecule is O=C(CCc1n[nH]c(=O)[nH]1)N1CCCc2ccccc2C1. The molecule has 0 fully saturated rings. The van der Waals surface area contributed by atoms with E-state index in [2.05, 4.69) is 27.3 Å². The van der Waals surface area contributed by atoms with Gasteiger partial charge in [-0.05, 0) is 24.0 Å². The number of aryl methyl sites for hydroxylation is 2. The van der Waals surface area contributed by atoms with Crippen molar-refractivity contribution in [1.82, 2.24) is 20.1 Å². The fourth-order valence-corrected chi connectivity index (χ4v) is 2.72. The van der Waals surface area contributed by atoms with Gasteiger partial charge in [-0.25, -0.2) is 9.89 Å². The molecule has 1 amide bonds. The third-order valence-corrected chi connectivity index (χ3v) is 3.83. The number of nitrogens with zero attached hydrogens (tertiary/aromatic N) is 2. The summed E-state index contributed by atoms with van der Waals surface area (Å²) in [5.41, 5.74) is 2.24. The Balaban J connectivity index is 1.63. The second kappa shape index (κ2) is 5.95. The molecule has 6 nitrogen and oxygen atoms in total. The number of amides is 1. The van der Waals surface area contributed by atoms with Crippen LogP contribution in [0.3, 0.4) is 0 Å². The first-order valence-electron chi connectivity index (χ1n) is 7.20. The third-order valence-electron chi connectivity index (χ3n) is 3.83. The highest BCUT2D eigenvalue weighted by atomic mass is 16.2. The fraction of sp³-hybridized carbons (Fsp3) is 0.400. The minimum atomic E-state index is -0.332. The highest BCUT2D eigenvalue weighted by molar-refractivity contribution is 5.76. The normalized spacial score (nSPS) is 14.6. The van der Waals surface area contributed by atoms with Gasteiger partial charge in [-0.2, -0.15) is 5.10 Å². The number of carbonyl (C=O) groups is 1. The van der Waals surface area contributed by atoms with E-state index < -0.39 is 0 Å². The molecule has 6 heteroatoms. The summed E-state index contributed by atoms with van der Waals surface area (Å²) in [4.78, 5) is 27.8. The molecule has 0 atom stereocenters. The van der Waals surface area contributed by atoms with Crippen LogP contribution in [-0.4, -0.2) is 32.5 Å². The molecule has 0 unspecified atom stereocenters. The van der Waals surface area contributed by atoms with Gasteiger partial charge in [-0.15, -0.1) is 0 Å². The van der Waals surface area contributed by atoms with Gasteiger partial charge in [0.25, 0.3) is 0 Å². The van der Waals surface area contributed by atoms with E-state index in [4.69, 9.17) is 0 Å². The van der Waals surface area contributed by atoms with Gasteiger partial charge >= 0.3 is 5.69 Å². The number of hydrogen-bond acceptors (Lipinski definition) is 3. The van der Waals surface area contributed by atoms with E-state index in [0.717, 1.165) is 19.4 Å². The molecule has 0 saturated carbocycles. The lowest BCUT2D eigenvalue weighted by Crippen LogP contribution is -2.30. The van der Waals surface area contributed by atoms with E-state index in [1.807, 2.05) is 17.0 Å². The largest absolute Gasteiger partial charge is 0.340 e.